The van der Waals surface area contributed by atoms with Gasteiger partial charge in [-0.05, 0) is 19.9 Å². The van der Waals surface area contributed by atoms with Gasteiger partial charge in [0.15, 0.2) is 9.84 Å². The highest BCUT2D eigenvalue weighted by molar-refractivity contribution is 7.92. The predicted octanol–water partition coefficient (Wildman–Crippen LogP) is 0.941. The lowest BCUT2D eigenvalue weighted by atomic mass is 10.1. The average Bonchev–Trinajstić information content (AvgIpc) is 2.28. The van der Waals surface area contributed by atoms with Gasteiger partial charge in [0, 0.05) is 17.5 Å². The molecule has 100 valence electrons. The molecule has 0 radical (unpaired) electrons. The largest absolute Gasteiger partial charge is 0.392 e. The molecule has 2 N–H and O–H groups in total. The molecule has 1 aromatic rings. The number of aliphatic hydroxyl groups excluding tert-OH is 1. The smallest absolute Gasteiger partial charge is 0.245 e. The van der Waals surface area contributed by atoms with Crippen LogP contribution in [0.15, 0.2) is 24.3 Å². The van der Waals surface area contributed by atoms with Gasteiger partial charge in [-0.1, -0.05) is 18.2 Å². The normalized spacial score (nSPS) is 12.2. The highest BCUT2D eigenvalue weighted by Crippen LogP contribution is 2.20. The Morgan fingerprint density at radius 1 is 1.33 bits per heavy atom. The number of nitrogens with one attached hydrogen (secondary N) is 1. The molecule has 5 nitrogen and oxygen atoms in total. The molecular formula is C12H17NO4S. The highest BCUT2D eigenvalue weighted by Gasteiger charge is 2.38. The zero-order valence-electron chi connectivity index (χ0n) is 10.6. The monoisotopic (exact) mass is 271 g/mol. The van der Waals surface area contributed by atoms with E-state index in [4.69, 9.17) is 5.11 Å². The van der Waals surface area contributed by atoms with Crippen molar-refractivity contribution in [3.05, 3.63) is 29.8 Å². The summed E-state index contributed by atoms with van der Waals surface area (Å²) in [7, 11) is -3.52. The van der Waals surface area contributed by atoms with E-state index >= 15 is 0 Å². The molecular weight excluding hydrogens is 254 g/mol. The molecule has 0 bridgehead atoms. The number of amides is 1. The fourth-order valence-corrected chi connectivity index (χ4v) is 1.61. The summed E-state index contributed by atoms with van der Waals surface area (Å²) in [5, 5.41) is 11.7. The molecule has 0 aromatic heterocycles. The molecule has 0 atom stereocenters. The maximum Gasteiger partial charge on any atom is 0.245 e. The van der Waals surface area contributed by atoms with E-state index in [0.29, 0.717) is 11.3 Å². The molecule has 0 spiro atoms. The number of para-hydroxylation sites is 1. The Morgan fingerprint density at radius 3 is 2.39 bits per heavy atom. The molecule has 1 amide bonds. The second kappa shape index (κ2) is 5.07. The minimum absolute atomic E-state index is 0.226. The van der Waals surface area contributed by atoms with Gasteiger partial charge in [0.1, 0.15) is 4.75 Å². The Morgan fingerprint density at radius 2 is 1.89 bits per heavy atom. The Balaban J connectivity index is 3.02. The third-order valence-corrected chi connectivity index (χ3v) is 4.95. The van der Waals surface area contributed by atoms with E-state index in [1.807, 2.05) is 0 Å². The Hall–Kier alpha value is -1.40. The predicted molar refractivity (Wildman–Crippen MR) is 69.9 cm³/mol. The Bertz CT molecular complexity index is 549. The van der Waals surface area contributed by atoms with Crippen molar-refractivity contribution in [3.63, 3.8) is 0 Å². The van der Waals surface area contributed by atoms with Crippen LogP contribution in [0.3, 0.4) is 0 Å². The molecule has 0 saturated heterocycles. The maximum atomic E-state index is 12.0. The van der Waals surface area contributed by atoms with Crippen molar-refractivity contribution < 1.29 is 18.3 Å². The van der Waals surface area contributed by atoms with Crippen molar-refractivity contribution in [2.75, 3.05) is 11.6 Å². The quantitative estimate of drug-likeness (QED) is 0.853. The number of sulfone groups is 1. The van der Waals surface area contributed by atoms with Crippen LogP contribution < -0.4 is 5.32 Å². The zero-order chi connectivity index (χ0) is 14.0. The molecule has 1 rings (SSSR count). The number of carbonyl (C=O) groups excluding carboxylic acids is 1. The van der Waals surface area contributed by atoms with Gasteiger partial charge in [0.25, 0.3) is 0 Å². The van der Waals surface area contributed by atoms with Crippen molar-refractivity contribution in [1.29, 1.82) is 0 Å². The summed E-state index contributed by atoms with van der Waals surface area (Å²) < 4.78 is 21.5. The van der Waals surface area contributed by atoms with Crippen molar-refractivity contribution in [1.82, 2.24) is 0 Å². The number of rotatable bonds is 4. The standard InChI is InChI=1S/C12H17NO4S/c1-12(2,18(3,16)17)11(15)13-10-7-5-4-6-9(10)8-14/h4-7,14H,8H2,1-3H3,(H,13,15). The second-order valence-electron chi connectivity index (χ2n) is 4.55. The summed E-state index contributed by atoms with van der Waals surface area (Å²) in [5.74, 6) is -0.620. The van der Waals surface area contributed by atoms with Crippen LogP contribution in [-0.4, -0.2) is 30.4 Å². The van der Waals surface area contributed by atoms with E-state index in [1.165, 1.54) is 13.8 Å². The fraction of sp³-hybridized carbons (Fsp3) is 0.417. The number of hydrogen-bond acceptors (Lipinski definition) is 4. The van der Waals surface area contributed by atoms with Gasteiger partial charge in [0.2, 0.25) is 5.91 Å². The number of benzene rings is 1. The first-order chi connectivity index (χ1) is 8.20. The van der Waals surface area contributed by atoms with Crippen molar-refractivity contribution in [2.24, 2.45) is 0 Å². The van der Waals surface area contributed by atoms with Gasteiger partial charge in [-0.25, -0.2) is 8.42 Å². The molecule has 0 fully saturated rings. The molecule has 1 aromatic carbocycles. The first-order valence-electron chi connectivity index (χ1n) is 5.40. The number of aliphatic hydroxyl groups is 1. The van der Waals surface area contributed by atoms with Crippen LogP contribution >= 0.6 is 0 Å². The van der Waals surface area contributed by atoms with Gasteiger partial charge >= 0.3 is 0 Å². The molecule has 0 aliphatic carbocycles. The van der Waals surface area contributed by atoms with Crippen LogP contribution in [0.5, 0.6) is 0 Å². The van der Waals surface area contributed by atoms with E-state index in [-0.39, 0.29) is 6.61 Å². The molecule has 0 heterocycles. The average molecular weight is 271 g/mol. The van der Waals surface area contributed by atoms with Gasteiger partial charge in [-0.2, -0.15) is 0 Å². The summed E-state index contributed by atoms with van der Waals surface area (Å²) in [6.45, 7) is 2.47. The van der Waals surface area contributed by atoms with Crippen LogP contribution in [-0.2, 0) is 21.2 Å². The third-order valence-electron chi connectivity index (χ3n) is 2.91. The van der Waals surface area contributed by atoms with Gasteiger partial charge in [0.05, 0.1) is 6.61 Å². The molecule has 0 saturated carbocycles. The molecule has 0 unspecified atom stereocenters. The van der Waals surface area contributed by atoms with E-state index < -0.39 is 20.5 Å². The Kier molecular flexibility index (Phi) is 4.13. The lowest BCUT2D eigenvalue weighted by Gasteiger charge is -2.22. The summed E-state index contributed by atoms with van der Waals surface area (Å²) in [6, 6.07) is 6.69. The SMILES string of the molecule is CC(C)(C(=O)Nc1ccccc1CO)S(C)(=O)=O. The summed E-state index contributed by atoms with van der Waals surface area (Å²) in [5.41, 5.74) is 0.955. The first kappa shape index (κ1) is 14.7. The number of anilines is 1. The van der Waals surface area contributed by atoms with Gasteiger partial charge in [-0.15, -0.1) is 0 Å². The third kappa shape index (κ3) is 2.88. The van der Waals surface area contributed by atoms with Gasteiger partial charge < -0.3 is 10.4 Å². The van der Waals surface area contributed by atoms with Gasteiger partial charge in [-0.3, -0.25) is 4.79 Å². The van der Waals surface area contributed by atoms with E-state index in [1.54, 1.807) is 24.3 Å². The molecule has 18 heavy (non-hydrogen) atoms. The second-order valence-corrected chi connectivity index (χ2v) is 7.12. The van der Waals surface area contributed by atoms with Crippen molar-refractivity contribution >= 4 is 21.4 Å². The minimum atomic E-state index is -3.52. The number of hydrogen-bond donors (Lipinski definition) is 2. The van der Waals surface area contributed by atoms with Crippen molar-refractivity contribution in [3.8, 4) is 0 Å². The van der Waals surface area contributed by atoms with Crippen LogP contribution in [0.4, 0.5) is 5.69 Å². The van der Waals surface area contributed by atoms with Crippen LogP contribution in [0.2, 0.25) is 0 Å². The maximum absolute atomic E-state index is 12.0. The minimum Gasteiger partial charge on any atom is -0.392 e. The molecule has 6 heteroatoms. The van der Waals surface area contributed by atoms with Crippen LogP contribution in [0.1, 0.15) is 19.4 Å². The summed E-state index contributed by atoms with van der Waals surface area (Å²) in [6.07, 6.45) is 1.02. The molecule has 0 aliphatic heterocycles. The van der Waals surface area contributed by atoms with E-state index in [0.717, 1.165) is 6.26 Å². The van der Waals surface area contributed by atoms with E-state index in [2.05, 4.69) is 5.32 Å². The van der Waals surface area contributed by atoms with Crippen molar-refractivity contribution in [2.45, 2.75) is 25.2 Å². The summed E-state index contributed by atoms with van der Waals surface area (Å²) >= 11 is 0. The number of carbonyl (C=O) groups is 1. The molecule has 0 aliphatic rings. The fourth-order valence-electron chi connectivity index (χ4n) is 1.22. The van der Waals surface area contributed by atoms with Crippen LogP contribution in [0, 0.1) is 0 Å². The lowest BCUT2D eigenvalue weighted by molar-refractivity contribution is -0.117. The lowest BCUT2D eigenvalue weighted by Crippen LogP contribution is -2.44. The Labute approximate surface area is 107 Å². The highest BCUT2D eigenvalue weighted by atomic mass is 32.2. The zero-order valence-corrected chi connectivity index (χ0v) is 11.4. The van der Waals surface area contributed by atoms with E-state index in [9.17, 15) is 13.2 Å². The first-order valence-corrected chi connectivity index (χ1v) is 7.29. The summed E-state index contributed by atoms with van der Waals surface area (Å²) in [4.78, 5) is 12.0. The van der Waals surface area contributed by atoms with Crippen LogP contribution in [0.25, 0.3) is 0 Å². The topological polar surface area (TPSA) is 83.5 Å².